The number of nitrogens with zero attached hydrogens (tertiary/aromatic N) is 1. The van der Waals surface area contributed by atoms with Crippen LogP contribution in [0.4, 0.5) is 13.2 Å². The van der Waals surface area contributed by atoms with Gasteiger partial charge in [0, 0.05) is 24.2 Å². The van der Waals surface area contributed by atoms with Gasteiger partial charge in [0.2, 0.25) is 0 Å². The first-order chi connectivity index (χ1) is 10.3. The van der Waals surface area contributed by atoms with E-state index in [0.717, 1.165) is 31.4 Å². The molecular formula is C16H18F3NO2. The van der Waals surface area contributed by atoms with Gasteiger partial charge in [0.05, 0.1) is 0 Å². The van der Waals surface area contributed by atoms with Crippen molar-refractivity contribution >= 4 is 11.7 Å². The number of hydrogen-bond acceptors (Lipinski definition) is 2. The minimum Gasteiger partial charge on any atom is -0.338 e. The first kappa shape index (κ1) is 16.5. The van der Waals surface area contributed by atoms with E-state index in [-0.39, 0.29) is 5.91 Å². The molecule has 1 aromatic carbocycles. The lowest BCUT2D eigenvalue weighted by Crippen LogP contribution is -2.33. The topological polar surface area (TPSA) is 37.4 Å². The average Bonchev–Trinajstić information content (AvgIpc) is 3.28. The average molecular weight is 313 g/mol. The van der Waals surface area contributed by atoms with Crippen LogP contribution in [0.2, 0.25) is 0 Å². The molecule has 1 aliphatic carbocycles. The van der Waals surface area contributed by atoms with Crippen LogP contribution in [0, 0.1) is 5.92 Å². The van der Waals surface area contributed by atoms with Crippen molar-refractivity contribution in [2.24, 2.45) is 5.92 Å². The summed E-state index contributed by atoms with van der Waals surface area (Å²) in [4.78, 5) is 25.2. The van der Waals surface area contributed by atoms with Crippen LogP contribution in [-0.4, -0.2) is 35.9 Å². The van der Waals surface area contributed by atoms with Gasteiger partial charge in [0.1, 0.15) is 0 Å². The van der Waals surface area contributed by atoms with Crippen molar-refractivity contribution < 1.29 is 22.8 Å². The van der Waals surface area contributed by atoms with E-state index in [0.29, 0.717) is 24.6 Å². The van der Waals surface area contributed by atoms with Gasteiger partial charge in [-0.05, 0) is 37.3 Å². The molecule has 0 bridgehead atoms. The molecule has 3 nitrogen and oxygen atoms in total. The van der Waals surface area contributed by atoms with Crippen LogP contribution in [-0.2, 0) is 0 Å². The van der Waals surface area contributed by atoms with Crippen LogP contribution >= 0.6 is 0 Å². The van der Waals surface area contributed by atoms with Gasteiger partial charge in [0.25, 0.3) is 11.7 Å². The maximum atomic E-state index is 12.4. The quantitative estimate of drug-likeness (QED) is 0.751. The zero-order chi connectivity index (χ0) is 16.3. The maximum Gasteiger partial charge on any atom is 0.454 e. The lowest BCUT2D eigenvalue weighted by atomic mass is 10.1. The summed E-state index contributed by atoms with van der Waals surface area (Å²) in [5.41, 5.74) is -0.138. The molecule has 0 spiro atoms. The number of hydrogen-bond donors (Lipinski definition) is 0. The molecule has 1 aliphatic rings. The van der Waals surface area contributed by atoms with Crippen molar-refractivity contribution in [2.75, 3.05) is 13.1 Å². The first-order valence-electron chi connectivity index (χ1n) is 7.33. The molecule has 0 unspecified atom stereocenters. The number of benzene rings is 1. The maximum absolute atomic E-state index is 12.4. The smallest absolute Gasteiger partial charge is 0.338 e. The second kappa shape index (κ2) is 6.50. The zero-order valence-corrected chi connectivity index (χ0v) is 12.3. The largest absolute Gasteiger partial charge is 0.454 e. The van der Waals surface area contributed by atoms with Crippen LogP contribution in [0.1, 0.15) is 46.9 Å². The SMILES string of the molecule is CCCN(CC1CC1)C(=O)c1ccc(C(=O)C(F)(F)F)cc1. The minimum absolute atomic E-state index is 0.195. The number of ketones is 1. The van der Waals surface area contributed by atoms with Crippen LogP contribution in [0.25, 0.3) is 0 Å². The summed E-state index contributed by atoms with van der Waals surface area (Å²) in [5, 5.41) is 0. The predicted octanol–water partition coefficient (Wildman–Crippen LogP) is 3.69. The van der Waals surface area contributed by atoms with Gasteiger partial charge >= 0.3 is 6.18 Å². The lowest BCUT2D eigenvalue weighted by molar-refractivity contribution is -0.0885. The summed E-state index contributed by atoms with van der Waals surface area (Å²) in [7, 11) is 0. The number of alkyl halides is 3. The van der Waals surface area contributed by atoms with Crippen molar-refractivity contribution in [3.63, 3.8) is 0 Å². The van der Waals surface area contributed by atoms with Gasteiger partial charge < -0.3 is 4.90 Å². The van der Waals surface area contributed by atoms with E-state index in [2.05, 4.69) is 0 Å². The highest BCUT2D eigenvalue weighted by Gasteiger charge is 2.39. The van der Waals surface area contributed by atoms with E-state index >= 15 is 0 Å². The van der Waals surface area contributed by atoms with Crippen molar-refractivity contribution in [3.8, 4) is 0 Å². The van der Waals surface area contributed by atoms with Crippen molar-refractivity contribution in [3.05, 3.63) is 35.4 Å². The van der Waals surface area contributed by atoms with Gasteiger partial charge in [-0.15, -0.1) is 0 Å². The highest BCUT2D eigenvalue weighted by molar-refractivity contribution is 6.01. The Labute approximate surface area is 127 Å². The fourth-order valence-electron chi connectivity index (χ4n) is 2.27. The molecule has 0 atom stereocenters. The van der Waals surface area contributed by atoms with Gasteiger partial charge in [-0.3, -0.25) is 9.59 Å². The molecule has 2 rings (SSSR count). The van der Waals surface area contributed by atoms with E-state index in [1.54, 1.807) is 4.90 Å². The third kappa shape index (κ3) is 4.08. The summed E-state index contributed by atoms with van der Waals surface area (Å²) in [6.45, 7) is 3.28. The van der Waals surface area contributed by atoms with Crippen molar-refractivity contribution in [1.82, 2.24) is 4.90 Å². The predicted molar refractivity (Wildman–Crippen MR) is 75.7 cm³/mol. The molecule has 1 aromatic rings. The van der Waals surface area contributed by atoms with E-state index in [1.807, 2.05) is 6.92 Å². The second-order valence-electron chi connectivity index (χ2n) is 5.60. The lowest BCUT2D eigenvalue weighted by Gasteiger charge is -2.22. The monoisotopic (exact) mass is 313 g/mol. The molecule has 1 fully saturated rings. The van der Waals surface area contributed by atoms with Gasteiger partial charge in [-0.2, -0.15) is 13.2 Å². The Morgan fingerprint density at radius 1 is 1.14 bits per heavy atom. The Kier molecular flexibility index (Phi) is 4.88. The first-order valence-corrected chi connectivity index (χ1v) is 7.33. The molecule has 22 heavy (non-hydrogen) atoms. The summed E-state index contributed by atoms with van der Waals surface area (Å²) >= 11 is 0. The van der Waals surface area contributed by atoms with Crippen molar-refractivity contribution in [2.45, 2.75) is 32.4 Å². The van der Waals surface area contributed by atoms with Crippen LogP contribution in [0.3, 0.4) is 0 Å². The molecule has 1 amide bonds. The normalized spacial score (nSPS) is 14.7. The van der Waals surface area contributed by atoms with E-state index in [4.69, 9.17) is 0 Å². The van der Waals surface area contributed by atoms with Gasteiger partial charge in [-0.1, -0.05) is 19.1 Å². The Bertz CT molecular complexity index is 548. The second-order valence-corrected chi connectivity index (χ2v) is 5.60. The van der Waals surface area contributed by atoms with Gasteiger partial charge in [-0.25, -0.2) is 0 Å². The molecule has 0 radical (unpaired) electrons. The fourth-order valence-corrected chi connectivity index (χ4v) is 2.27. The molecule has 0 saturated heterocycles. The molecule has 1 saturated carbocycles. The number of rotatable bonds is 6. The third-order valence-corrected chi connectivity index (χ3v) is 3.61. The zero-order valence-electron chi connectivity index (χ0n) is 12.3. The van der Waals surface area contributed by atoms with E-state index < -0.39 is 17.5 Å². The van der Waals surface area contributed by atoms with E-state index in [9.17, 15) is 22.8 Å². The molecular weight excluding hydrogens is 295 g/mol. The summed E-state index contributed by atoms with van der Waals surface area (Å²) < 4.78 is 37.0. The Morgan fingerprint density at radius 3 is 2.14 bits per heavy atom. The Hall–Kier alpha value is -1.85. The van der Waals surface area contributed by atoms with Crippen molar-refractivity contribution in [1.29, 1.82) is 0 Å². The molecule has 0 N–H and O–H groups in total. The highest BCUT2D eigenvalue weighted by atomic mass is 19.4. The fraction of sp³-hybridized carbons (Fsp3) is 0.500. The molecule has 120 valence electrons. The number of carbonyl (C=O) groups excluding carboxylic acids is 2. The van der Waals surface area contributed by atoms with Crippen LogP contribution in [0.15, 0.2) is 24.3 Å². The summed E-state index contributed by atoms with van der Waals surface area (Å²) in [6.07, 6.45) is -1.84. The third-order valence-electron chi connectivity index (χ3n) is 3.61. The molecule has 6 heteroatoms. The molecule has 0 aromatic heterocycles. The molecule has 0 aliphatic heterocycles. The molecule has 0 heterocycles. The Morgan fingerprint density at radius 2 is 1.68 bits per heavy atom. The van der Waals surface area contributed by atoms with E-state index in [1.165, 1.54) is 12.1 Å². The number of amides is 1. The van der Waals surface area contributed by atoms with Crippen LogP contribution < -0.4 is 0 Å². The number of carbonyl (C=O) groups is 2. The summed E-state index contributed by atoms with van der Waals surface area (Å²) in [5.74, 6) is -1.55. The Balaban J connectivity index is 2.10. The summed E-state index contributed by atoms with van der Waals surface area (Å²) in [6, 6.07) is 4.70. The standard InChI is InChI=1S/C16H18F3NO2/c1-2-9-20(10-11-3-4-11)15(22)13-7-5-12(6-8-13)14(21)16(17,18)19/h5-8,11H,2-4,9-10H2,1H3. The highest BCUT2D eigenvalue weighted by Crippen LogP contribution is 2.30. The van der Waals surface area contributed by atoms with Crippen LogP contribution in [0.5, 0.6) is 0 Å². The number of halogens is 3. The van der Waals surface area contributed by atoms with Gasteiger partial charge in [0.15, 0.2) is 0 Å². The minimum atomic E-state index is -4.90. The number of Topliss-reactive ketones (excluding diaryl/α,β-unsaturated/α-hetero) is 1.